The Balaban J connectivity index is 2.05. The van der Waals surface area contributed by atoms with E-state index in [1.54, 1.807) is 6.08 Å². The van der Waals surface area contributed by atoms with Crippen LogP contribution in [-0.2, 0) is 23.8 Å². The minimum absolute atomic E-state index is 0.00334. The molecule has 1 aliphatic rings. The number of aliphatic hydroxyl groups is 5. The SMILES string of the molecule is CCCCCCC/C=C/CC/C=C/CC/C=C/C(O)C(COC1OC(CO)C(O)C(O)C1O)NC(=O)CCCCCCCCCCCC/C=C\CCCCCCCCCCCCCCOC(=O)CCCCCCCCCCCCC. The first-order valence-electron chi connectivity index (χ1n) is 33.9. The van der Waals surface area contributed by atoms with Gasteiger partial charge < -0.3 is 45.1 Å². The number of nitrogens with one attached hydrogen (secondary N) is 1. The van der Waals surface area contributed by atoms with Crippen molar-refractivity contribution in [2.24, 2.45) is 0 Å². The molecular formula is C69H127NO10. The molecule has 0 saturated carbocycles. The zero-order chi connectivity index (χ0) is 58.0. The fraction of sp³-hybridized carbons (Fsp3) is 0.855. The molecule has 0 aromatic heterocycles. The molecule has 0 aromatic rings. The van der Waals surface area contributed by atoms with E-state index < -0.39 is 49.5 Å². The molecule has 6 N–H and O–H groups in total. The molecule has 1 saturated heterocycles. The summed E-state index contributed by atoms with van der Waals surface area (Å²) >= 11 is 0. The van der Waals surface area contributed by atoms with Gasteiger partial charge in [-0.25, -0.2) is 0 Å². The van der Waals surface area contributed by atoms with Gasteiger partial charge in [-0.05, 0) is 83.5 Å². The van der Waals surface area contributed by atoms with Crippen LogP contribution >= 0.6 is 0 Å². The smallest absolute Gasteiger partial charge is 0.305 e. The lowest BCUT2D eigenvalue weighted by Crippen LogP contribution is -2.60. The molecule has 7 unspecified atom stereocenters. The van der Waals surface area contributed by atoms with Gasteiger partial charge in [0.2, 0.25) is 5.91 Å². The highest BCUT2D eigenvalue weighted by Gasteiger charge is 2.44. The van der Waals surface area contributed by atoms with Crippen molar-refractivity contribution in [3.8, 4) is 0 Å². The van der Waals surface area contributed by atoms with Crippen LogP contribution in [0.2, 0.25) is 0 Å². The first kappa shape index (κ1) is 75.6. The highest BCUT2D eigenvalue weighted by atomic mass is 16.7. The van der Waals surface area contributed by atoms with Crippen LogP contribution in [0.15, 0.2) is 48.6 Å². The normalized spacial score (nSPS) is 18.6. The molecule has 0 spiro atoms. The Kier molecular flexibility index (Phi) is 55.2. The van der Waals surface area contributed by atoms with Crippen LogP contribution in [-0.4, -0.2) is 100 Å². The van der Waals surface area contributed by atoms with Crippen molar-refractivity contribution in [2.75, 3.05) is 19.8 Å². The topological polar surface area (TPSA) is 175 Å². The van der Waals surface area contributed by atoms with Crippen LogP contribution in [0.3, 0.4) is 0 Å². The zero-order valence-corrected chi connectivity index (χ0v) is 51.8. The van der Waals surface area contributed by atoms with E-state index in [2.05, 4.69) is 55.6 Å². The molecule has 80 heavy (non-hydrogen) atoms. The standard InChI is InChI=1S/C69H127NO10/c1-3-5-7-9-11-13-15-16-29-32-36-39-43-47-51-55-62(72)61(60-79-69-68(77)67(76)66(75)63(59-71)80-69)70-64(73)56-52-48-44-40-37-33-30-27-25-23-21-19-17-18-20-22-24-26-28-31-34-38-42-46-50-54-58-78-65(74)57-53-49-45-41-35-14-12-10-8-6-4-2/h15-17,19,36,39,51,55,61-63,66-69,71-72,75-77H,3-14,18,20-35,37-38,40-50,52-54,56-60H2,1-2H3,(H,70,73)/b16-15+,19-17-,39-36+,55-51+. The summed E-state index contributed by atoms with van der Waals surface area (Å²) in [5.74, 6) is -0.194. The maximum atomic E-state index is 13.1. The number of carbonyl (C=O) groups excluding carboxylic acids is 2. The monoisotopic (exact) mass is 1130 g/mol. The number of allylic oxidation sites excluding steroid dienone is 7. The van der Waals surface area contributed by atoms with Crippen molar-refractivity contribution >= 4 is 11.9 Å². The van der Waals surface area contributed by atoms with Gasteiger partial charge in [0.15, 0.2) is 6.29 Å². The molecule has 1 rings (SSSR count). The van der Waals surface area contributed by atoms with Crippen LogP contribution in [0, 0.1) is 0 Å². The molecule has 0 aliphatic carbocycles. The predicted octanol–water partition coefficient (Wildman–Crippen LogP) is 16.8. The molecule has 1 aliphatic heterocycles. The molecule has 0 aromatic carbocycles. The van der Waals surface area contributed by atoms with Crippen molar-refractivity contribution in [1.82, 2.24) is 5.32 Å². The number of rotatable bonds is 59. The van der Waals surface area contributed by atoms with Gasteiger partial charge in [-0.15, -0.1) is 0 Å². The van der Waals surface area contributed by atoms with Gasteiger partial charge in [-0.3, -0.25) is 9.59 Å². The van der Waals surface area contributed by atoms with Gasteiger partial charge in [-0.1, -0.05) is 268 Å². The Morgan fingerprint density at radius 2 is 0.812 bits per heavy atom. The van der Waals surface area contributed by atoms with Crippen molar-refractivity contribution in [2.45, 2.75) is 358 Å². The number of carbonyl (C=O) groups is 2. The second-order valence-corrected chi connectivity index (χ2v) is 23.5. The first-order chi connectivity index (χ1) is 39.2. The Hall–Kier alpha value is -2.38. The highest BCUT2D eigenvalue weighted by Crippen LogP contribution is 2.23. The third kappa shape index (κ3) is 47.0. The van der Waals surface area contributed by atoms with Gasteiger partial charge in [0, 0.05) is 12.8 Å². The summed E-state index contributed by atoms with van der Waals surface area (Å²) in [5, 5.41) is 54.5. The van der Waals surface area contributed by atoms with E-state index in [1.807, 2.05) is 6.08 Å². The van der Waals surface area contributed by atoms with E-state index in [4.69, 9.17) is 14.2 Å². The Labute approximate surface area is 491 Å². The largest absolute Gasteiger partial charge is 0.466 e. The third-order valence-corrected chi connectivity index (χ3v) is 15.9. The lowest BCUT2D eigenvalue weighted by atomic mass is 9.99. The maximum absolute atomic E-state index is 13.1. The average molecular weight is 1130 g/mol. The zero-order valence-electron chi connectivity index (χ0n) is 51.8. The van der Waals surface area contributed by atoms with Gasteiger partial charge in [-0.2, -0.15) is 0 Å². The Morgan fingerprint density at radius 1 is 0.450 bits per heavy atom. The molecule has 1 heterocycles. The molecule has 1 amide bonds. The van der Waals surface area contributed by atoms with E-state index in [1.165, 1.54) is 212 Å². The summed E-state index contributed by atoms with van der Waals surface area (Å²) in [6.45, 7) is 4.32. The predicted molar refractivity (Wildman–Crippen MR) is 334 cm³/mol. The molecule has 0 radical (unpaired) electrons. The van der Waals surface area contributed by atoms with Crippen molar-refractivity contribution in [3.05, 3.63) is 48.6 Å². The quantitative estimate of drug-likeness (QED) is 0.0195. The van der Waals surface area contributed by atoms with Gasteiger partial charge in [0.05, 0.1) is 32.0 Å². The van der Waals surface area contributed by atoms with Crippen molar-refractivity contribution < 1.29 is 49.3 Å². The van der Waals surface area contributed by atoms with Crippen LogP contribution < -0.4 is 5.32 Å². The minimum Gasteiger partial charge on any atom is -0.466 e. The van der Waals surface area contributed by atoms with Crippen molar-refractivity contribution in [1.29, 1.82) is 0 Å². The molecule has 468 valence electrons. The number of esters is 1. The van der Waals surface area contributed by atoms with E-state index in [-0.39, 0.29) is 18.5 Å². The molecule has 0 bridgehead atoms. The van der Waals surface area contributed by atoms with Crippen LogP contribution in [0.4, 0.5) is 0 Å². The lowest BCUT2D eigenvalue weighted by molar-refractivity contribution is -0.302. The number of aliphatic hydroxyl groups excluding tert-OH is 5. The van der Waals surface area contributed by atoms with Crippen molar-refractivity contribution in [3.63, 3.8) is 0 Å². The minimum atomic E-state index is -1.58. The summed E-state index contributed by atoms with van der Waals surface area (Å²) in [4.78, 5) is 25.1. The van der Waals surface area contributed by atoms with Gasteiger partial charge >= 0.3 is 5.97 Å². The van der Waals surface area contributed by atoms with E-state index >= 15 is 0 Å². The first-order valence-corrected chi connectivity index (χ1v) is 33.9. The van der Waals surface area contributed by atoms with E-state index in [9.17, 15) is 35.1 Å². The van der Waals surface area contributed by atoms with E-state index in [0.29, 0.717) is 19.4 Å². The molecule has 7 atom stereocenters. The highest BCUT2D eigenvalue weighted by molar-refractivity contribution is 5.76. The summed E-state index contributed by atoms with van der Waals surface area (Å²) < 4.78 is 16.7. The van der Waals surface area contributed by atoms with Crippen LogP contribution in [0.5, 0.6) is 0 Å². The van der Waals surface area contributed by atoms with Gasteiger partial charge in [0.25, 0.3) is 0 Å². The summed E-state index contributed by atoms with van der Waals surface area (Å²) in [6.07, 6.45) is 65.1. The number of unbranched alkanes of at least 4 members (excludes halogenated alkanes) is 39. The number of hydrogen-bond donors (Lipinski definition) is 6. The number of ether oxygens (including phenoxy) is 3. The van der Waals surface area contributed by atoms with E-state index in [0.717, 1.165) is 77.0 Å². The summed E-state index contributed by atoms with van der Waals surface area (Å²) in [6, 6.07) is -0.837. The molecule has 11 nitrogen and oxygen atoms in total. The maximum Gasteiger partial charge on any atom is 0.305 e. The van der Waals surface area contributed by atoms with Gasteiger partial charge in [0.1, 0.15) is 24.4 Å². The second-order valence-electron chi connectivity index (χ2n) is 23.5. The fourth-order valence-electron chi connectivity index (χ4n) is 10.5. The number of amides is 1. The Morgan fingerprint density at radius 3 is 1.24 bits per heavy atom. The summed E-state index contributed by atoms with van der Waals surface area (Å²) in [5.41, 5.74) is 0. The Bertz CT molecular complexity index is 1470. The number of hydrogen-bond acceptors (Lipinski definition) is 10. The van der Waals surface area contributed by atoms with Crippen LogP contribution in [0.1, 0.15) is 316 Å². The fourth-order valence-corrected chi connectivity index (χ4v) is 10.5. The third-order valence-electron chi connectivity index (χ3n) is 15.9. The molecule has 11 heteroatoms. The lowest BCUT2D eigenvalue weighted by Gasteiger charge is -2.40. The molecular weight excluding hydrogens is 1000 g/mol. The molecule has 1 fully saturated rings. The summed E-state index contributed by atoms with van der Waals surface area (Å²) in [7, 11) is 0. The second kappa shape index (κ2) is 58.4. The average Bonchev–Trinajstić information content (AvgIpc) is 3.45. The van der Waals surface area contributed by atoms with Crippen LogP contribution in [0.25, 0.3) is 0 Å².